The summed E-state index contributed by atoms with van der Waals surface area (Å²) in [6.45, 7) is 6.50. The van der Waals surface area contributed by atoms with E-state index in [0.29, 0.717) is 13.2 Å². The molecule has 1 aliphatic rings. The first-order chi connectivity index (χ1) is 10.2. The lowest BCUT2D eigenvalue weighted by Gasteiger charge is -2.28. The van der Waals surface area contributed by atoms with E-state index in [1.165, 1.54) is 0 Å². The molecule has 0 radical (unpaired) electrons. The Morgan fingerprint density at radius 1 is 1.43 bits per heavy atom. The lowest BCUT2D eigenvalue weighted by atomic mass is 10.00. The number of carbonyl (C=O) groups excluding carboxylic acids is 1. The number of benzene rings is 1. The van der Waals surface area contributed by atoms with Crippen LogP contribution in [0.25, 0.3) is 0 Å². The highest BCUT2D eigenvalue weighted by Gasteiger charge is 2.23. The van der Waals surface area contributed by atoms with Crippen LogP contribution in [0.3, 0.4) is 0 Å². The van der Waals surface area contributed by atoms with Crippen LogP contribution in [0.5, 0.6) is 11.5 Å². The zero-order chi connectivity index (χ0) is 15.2. The van der Waals surface area contributed by atoms with Crippen LogP contribution in [-0.2, 0) is 4.79 Å². The number of ether oxygens (including phenoxy) is 2. The number of hydrogen-bond donors (Lipinski definition) is 1. The molecule has 1 heterocycles. The second kappa shape index (κ2) is 7.31. The molecule has 1 amide bonds. The SMILES string of the molecule is CCN(CC)C(=O)CNC1CCOc2ccc(OC)cc21. The summed E-state index contributed by atoms with van der Waals surface area (Å²) in [5.41, 5.74) is 1.06. The fourth-order valence-electron chi connectivity index (χ4n) is 2.61. The molecule has 2 rings (SSSR count). The Hall–Kier alpha value is -1.75. The fraction of sp³-hybridized carbons (Fsp3) is 0.562. The van der Waals surface area contributed by atoms with Gasteiger partial charge in [-0.1, -0.05) is 0 Å². The highest BCUT2D eigenvalue weighted by molar-refractivity contribution is 5.78. The van der Waals surface area contributed by atoms with Crippen molar-refractivity contribution in [2.75, 3.05) is 33.4 Å². The average Bonchev–Trinajstić information content (AvgIpc) is 2.53. The lowest BCUT2D eigenvalue weighted by Crippen LogP contribution is -2.40. The molecule has 5 heteroatoms. The summed E-state index contributed by atoms with van der Waals surface area (Å²) in [5.74, 6) is 1.81. The number of carbonyl (C=O) groups is 1. The largest absolute Gasteiger partial charge is 0.497 e. The third-order valence-corrected chi connectivity index (χ3v) is 3.87. The molecule has 0 saturated carbocycles. The first-order valence-corrected chi connectivity index (χ1v) is 7.51. The maximum Gasteiger partial charge on any atom is 0.236 e. The van der Waals surface area contributed by atoms with Crippen molar-refractivity contribution < 1.29 is 14.3 Å². The summed E-state index contributed by atoms with van der Waals surface area (Å²) in [6, 6.07) is 5.92. The van der Waals surface area contributed by atoms with Crippen molar-refractivity contribution in [3.05, 3.63) is 23.8 Å². The van der Waals surface area contributed by atoms with Gasteiger partial charge in [0, 0.05) is 31.1 Å². The van der Waals surface area contributed by atoms with E-state index < -0.39 is 0 Å². The minimum atomic E-state index is 0.128. The van der Waals surface area contributed by atoms with Crippen LogP contribution in [0.15, 0.2) is 18.2 Å². The van der Waals surface area contributed by atoms with Crippen LogP contribution in [0.4, 0.5) is 0 Å². The van der Waals surface area contributed by atoms with Crippen molar-refractivity contribution in [3.63, 3.8) is 0 Å². The average molecular weight is 292 g/mol. The summed E-state index contributed by atoms with van der Waals surface area (Å²) in [6.07, 6.45) is 0.853. The zero-order valence-corrected chi connectivity index (χ0v) is 13.0. The van der Waals surface area contributed by atoms with E-state index >= 15 is 0 Å². The van der Waals surface area contributed by atoms with Gasteiger partial charge in [-0.2, -0.15) is 0 Å². The Bertz CT molecular complexity index is 486. The van der Waals surface area contributed by atoms with Crippen molar-refractivity contribution in [1.29, 1.82) is 0 Å². The Kier molecular flexibility index (Phi) is 5.44. The molecule has 1 aliphatic heterocycles. The predicted octanol–water partition coefficient (Wildman–Crippen LogP) is 1.98. The number of nitrogens with zero attached hydrogens (tertiary/aromatic N) is 1. The number of rotatable bonds is 6. The van der Waals surface area contributed by atoms with Crippen LogP contribution in [0, 0.1) is 0 Å². The number of fused-ring (bicyclic) bond motifs is 1. The van der Waals surface area contributed by atoms with Gasteiger partial charge in [-0.05, 0) is 32.0 Å². The monoisotopic (exact) mass is 292 g/mol. The van der Waals surface area contributed by atoms with E-state index in [4.69, 9.17) is 9.47 Å². The summed E-state index contributed by atoms with van der Waals surface area (Å²) in [7, 11) is 1.65. The third kappa shape index (κ3) is 3.67. The molecular weight excluding hydrogens is 268 g/mol. The summed E-state index contributed by atoms with van der Waals surface area (Å²) >= 11 is 0. The molecule has 0 spiro atoms. The van der Waals surface area contributed by atoms with Gasteiger partial charge in [-0.3, -0.25) is 4.79 Å². The molecule has 0 bridgehead atoms. The van der Waals surface area contributed by atoms with Gasteiger partial charge in [0.25, 0.3) is 0 Å². The molecule has 1 atom stereocenters. The van der Waals surface area contributed by atoms with E-state index in [1.54, 1.807) is 7.11 Å². The van der Waals surface area contributed by atoms with Crippen molar-refractivity contribution in [2.45, 2.75) is 26.3 Å². The molecule has 1 aromatic carbocycles. The standard InChI is InChI=1S/C16H24N2O3/c1-4-18(5-2)16(19)11-17-14-8-9-21-15-7-6-12(20-3)10-13(14)15/h6-7,10,14,17H,4-5,8-9,11H2,1-3H3. The number of methoxy groups -OCH3 is 1. The molecule has 0 saturated heterocycles. The van der Waals surface area contributed by atoms with Crippen LogP contribution in [0.1, 0.15) is 31.9 Å². The van der Waals surface area contributed by atoms with Gasteiger partial charge in [0.05, 0.1) is 20.3 Å². The Balaban J connectivity index is 2.04. The predicted molar refractivity (Wildman–Crippen MR) is 81.8 cm³/mol. The number of likely N-dealkylation sites (N-methyl/N-ethyl adjacent to an activating group) is 1. The summed E-state index contributed by atoms with van der Waals surface area (Å²) in [5, 5.41) is 3.35. The molecule has 1 N–H and O–H groups in total. The van der Waals surface area contributed by atoms with E-state index in [2.05, 4.69) is 5.32 Å². The zero-order valence-electron chi connectivity index (χ0n) is 13.0. The number of amides is 1. The van der Waals surface area contributed by atoms with E-state index in [9.17, 15) is 4.79 Å². The number of nitrogens with one attached hydrogen (secondary N) is 1. The fourth-order valence-corrected chi connectivity index (χ4v) is 2.61. The molecule has 0 fully saturated rings. The van der Waals surface area contributed by atoms with E-state index in [1.807, 2.05) is 36.9 Å². The highest BCUT2D eigenvalue weighted by atomic mass is 16.5. The van der Waals surface area contributed by atoms with Crippen LogP contribution < -0.4 is 14.8 Å². The Labute approximate surface area is 126 Å². The summed E-state index contributed by atoms with van der Waals surface area (Å²) in [4.78, 5) is 13.9. The van der Waals surface area contributed by atoms with E-state index in [-0.39, 0.29) is 11.9 Å². The normalized spacial score (nSPS) is 16.8. The maximum atomic E-state index is 12.1. The molecule has 5 nitrogen and oxygen atoms in total. The smallest absolute Gasteiger partial charge is 0.236 e. The quantitative estimate of drug-likeness (QED) is 0.871. The molecule has 116 valence electrons. The lowest BCUT2D eigenvalue weighted by molar-refractivity contribution is -0.130. The summed E-state index contributed by atoms with van der Waals surface area (Å²) < 4.78 is 10.9. The minimum Gasteiger partial charge on any atom is -0.497 e. The van der Waals surface area contributed by atoms with Crippen LogP contribution in [-0.4, -0.2) is 44.2 Å². The minimum absolute atomic E-state index is 0.128. The maximum absolute atomic E-state index is 12.1. The molecule has 1 aromatic rings. The number of hydrogen-bond acceptors (Lipinski definition) is 4. The van der Waals surface area contributed by atoms with Crippen molar-refractivity contribution in [3.8, 4) is 11.5 Å². The van der Waals surface area contributed by atoms with Gasteiger partial charge >= 0.3 is 0 Å². The molecular formula is C16H24N2O3. The van der Waals surface area contributed by atoms with Gasteiger partial charge in [0.15, 0.2) is 0 Å². The van der Waals surface area contributed by atoms with Gasteiger partial charge < -0.3 is 19.7 Å². The molecule has 0 aromatic heterocycles. The first kappa shape index (κ1) is 15.6. The van der Waals surface area contributed by atoms with Gasteiger partial charge in [0.1, 0.15) is 11.5 Å². The third-order valence-electron chi connectivity index (χ3n) is 3.87. The van der Waals surface area contributed by atoms with E-state index in [0.717, 1.165) is 36.6 Å². The van der Waals surface area contributed by atoms with Crippen molar-refractivity contribution >= 4 is 5.91 Å². The van der Waals surface area contributed by atoms with Gasteiger partial charge in [-0.25, -0.2) is 0 Å². The molecule has 21 heavy (non-hydrogen) atoms. The van der Waals surface area contributed by atoms with Crippen LogP contribution in [0.2, 0.25) is 0 Å². The van der Waals surface area contributed by atoms with Crippen LogP contribution >= 0.6 is 0 Å². The first-order valence-electron chi connectivity index (χ1n) is 7.51. The van der Waals surface area contributed by atoms with Crippen molar-refractivity contribution in [1.82, 2.24) is 10.2 Å². The second-order valence-corrected chi connectivity index (χ2v) is 5.04. The van der Waals surface area contributed by atoms with Crippen molar-refractivity contribution in [2.24, 2.45) is 0 Å². The molecule has 0 aliphatic carbocycles. The molecule has 1 unspecified atom stereocenters. The van der Waals surface area contributed by atoms with Gasteiger partial charge in [0.2, 0.25) is 5.91 Å². The van der Waals surface area contributed by atoms with Gasteiger partial charge in [-0.15, -0.1) is 0 Å². The Morgan fingerprint density at radius 2 is 2.19 bits per heavy atom. The topological polar surface area (TPSA) is 50.8 Å². The highest BCUT2D eigenvalue weighted by Crippen LogP contribution is 2.34. The second-order valence-electron chi connectivity index (χ2n) is 5.04. The Morgan fingerprint density at radius 3 is 2.86 bits per heavy atom.